The number of sulfonamides is 1. The Kier molecular flexibility index (Phi) is 5.05. The number of halogens is 1. The van der Waals surface area contributed by atoms with Gasteiger partial charge < -0.3 is 15.2 Å². The van der Waals surface area contributed by atoms with E-state index in [0.29, 0.717) is 16.5 Å². The molecule has 1 aliphatic carbocycles. The van der Waals surface area contributed by atoms with Gasteiger partial charge >= 0.3 is 0 Å². The summed E-state index contributed by atoms with van der Waals surface area (Å²) in [4.78, 5) is 0.119. The number of allylic oxidation sites excluding steroid dienone is 3. The summed E-state index contributed by atoms with van der Waals surface area (Å²) in [5.41, 5.74) is 0.273. The van der Waals surface area contributed by atoms with Crippen molar-refractivity contribution >= 4 is 21.6 Å². The molecule has 1 aromatic rings. The first kappa shape index (κ1) is 18.8. The average Bonchev–Trinajstić information content (AvgIpc) is 2.95. The molecule has 1 atom stereocenters. The lowest BCUT2D eigenvalue weighted by Gasteiger charge is -2.20. The largest absolute Gasteiger partial charge is 0.491 e. The molecular weight excluding hydrogens is 376 g/mol. The van der Waals surface area contributed by atoms with Gasteiger partial charge in [-0.3, -0.25) is 4.72 Å². The maximum Gasteiger partial charge on any atom is 0.261 e. The number of benzene rings is 1. The average molecular weight is 397 g/mol. The number of rotatable bonds is 6. The fourth-order valence-electron chi connectivity index (χ4n) is 2.66. The Morgan fingerprint density at radius 1 is 1.35 bits per heavy atom. The molecule has 3 rings (SSSR count). The van der Waals surface area contributed by atoms with E-state index in [2.05, 4.69) is 10.0 Å². The summed E-state index contributed by atoms with van der Waals surface area (Å²) < 4.78 is 33.4. The summed E-state index contributed by atoms with van der Waals surface area (Å²) in [6, 6.07) is 6.04. The van der Waals surface area contributed by atoms with Gasteiger partial charge in [0.15, 0.2) is 0 Å². The van der Waals surface area contributed by atoms with Crippen LogP contribution in [0.5, 0.6) is 5.75 Å². The van der Waals surface area contributed by atoms with Crippen molar-refractivity contribution in [3.05, 3.63) is 59.0 Å². The molecule has 1 heterocycles. The van der Waals surface area contributed by atoms with Crippen molar-refractivity contribution in [3.63, 3.8) is 0 Å². The van der Waals surface area contributed by atoms with Crippen LogP contribution in [0.1, 0.15) is 20.3 Å². The molecule has 0 spiro atoms. The molecule has 1 aliphatic heterocycles. The molecule has 3 N–H and O–H groups in total. The van der Waals surface area contributed by atoms with Crippen molar-refractivity contribution in [2.45, 2.75) is 30.8 Å². The highest BCUT2D eigenvalue weighted by atomic mass is 35.5. The molecule has 0 bridgehead atoms. The highest BCUT2D eigenvalue weighted by molar-refractivity contribution is 7.89. The van der Waals surface area contributed by atoms with Crippen LogP contribution in [-0.4, -0.2) is 25.7 Å². The Hall–Kier alpha value is -1.96. The van der Waals surface area contributed by atoms with Crippen LogP contribution < -0.4 is 14.8 Å². The van der Waals surface area contributed by atoms with Crippen molar-refractivity contribution in [1.82, 2.24) is 10.0 Å². The lowest BCUT2D eigenvalue weighted by Crippen LogP contribution is -2.28. The normalized spacial score (nSPS) is 19.7. The predicted octanol–water partition coefficient (Wildman–Crippen LogP) is 2.59. The molecule has 0 radical (unpaired) electrons. The first-order valence-corrected chi connectivity index (χ1v) is 10.0. The second-order valence-corrected chi connectivity index (χ2v) is 8.99. The third kappa shape index (κ3) is 4.23. The van der Waals surface area contributed by atoms with E-state index >= 15 is 0 Å². The van der Waals surface area contributed by atoms with Crippen molar-refractivity contribution in [1.29, 1.82) is 0 Å². The molecule has 2 aliphatic rings. The van der Waals surface area contributed by atoms with Gasteiger partial charge in [-0.25, -0.2) is 8.42 Å². The van der Waals surface area contributed by atoms with Crippen molar-refractivity contribution < 1.29 is 18.3 Å². The summed E-state index contributed by atoms with van der Waals surface area (Å²) in [7, 11) is -3.75. The first-order chi connectivity index (χ1) is 12.2. The van der Waals surface area contributed by atoms with Gasteiger partial charge in [-0.15, -0.1) is 0 Å². The van der Waals surface area contributed by atoms with E-state index in [0.717, 1.165) is 12.1 Å². The minimum Gasteiger partial charge on any atom is -0.491 e. The van der Waals surface area contributed by atoms with E-state index in [1.807, 2.05) is 6.08 Å². The molecule has 0 amide bonds. The van der Waals surface area contributed by atoms with Crippen molar-refractivity contribution in [2.24, 2.45) is 5.92 Å². The number of fused-ring (bicyclic) bond motifs is 1. The summed E-state index contributed by atoms with van der Waals surface area (Å²) >= 11 is 6.14. The molecule has 0 saturated heterocycles. The standard InChI is InChI=1S/C18H21ClN2O4S/c1-18(2,22)11-25-12-6-8-13(9-7-12)26(23,24)21-16-5-3-4-14-15(19)10-20-17(14)16/h3,5-10,14,20-22H,4,11H2,1-2H3. The number of nitrogens with one attached hydrogen (secondary N) is 2. The summed E-state index contributed by atoms with van der Waals surface area (Å²) in [6.45, 7) is 3.38. The second-order valence-electron chi connectivity index (χ2n) is 6.87. The smallest absolute Gasteiger partial charge is 0.261 e. The second kappa shape index (κ2) is 6.98. The van der Waals surface area contributed by atoms with Gasteiger partial charge in [0.1, 0.15) is 12.4 Å². The van der Waals surface area contributed by atoms with E-state index < -0.39 is 15.6 Å². The van der Waals surface area contributed by atoms with Crippen LogP contribution in [0, 0.1) is 5.92 Å². The zero-order valence-corrected chi connectivity index (χ0v) is 16.1. The van der Waals surface area contributed by atoms with Crippen LogP contribution in [0.4, 0.5) is 0 Å². The van der Waals surface area contributed by atoms with E-state index in [1.54, 1.807) is 38.3 Å². The van der Waals surface area contributed by atoms with Crippen LogP contribution in [-0.2, 0) is 10.0 Å². The minimum absolute atomic E-state index is 0.0306. The molecule has 6 nitrogen and oxygen atoms in total. The van der Waals surface area contributed by atoms with Crippen LogP contribution >= 0.6 is 11.6 Å². The fourth-order valence-corrected chi connectivity index (χ4v) is 3.99. The van der Waals surface area contributed by atoms with Crippen LogP contribution in [0.25, 0.3) is 0 Å². The van der Waals surface area contributed by atoms with Gasteiger partial charge in [0, 0.05) is 22.8 Å². The Morgan fingerprint density at radius 2 is 2.04 bits per heavy atom. The van der Waals surface area contributed by atoms with Crippen molar-refractivity contribution in [2.75, 3.05) is 6.61 Å². The monoisotopic (exact) mass is 396 g/mol. The van der Waals surface area contributed by atoms with E-state index in [9.17, 15) is 13.5 Å². The number of ether oxygens (including phenoxy) is 1. The lowest BCUT2D eigenvalue weighted by atomic mass is 9.97. The first-order valence-electron chi connectivity index (χ1n) is 8.17. The van der Waals surface area contributed by atoms with Crippen molar-refractivity contribution in [3.8, 4) is 5.75 Å². The minimum atomic E-state index is -3.75. The van der Waals surface area contributed by atoms with Gasteiger partial charge in [-0.2, -0.15) is 0 Å². The lowest BCUT2D eigenvalue weighted by molar-refractivity contribution is 0.0284. The highest BCUT2D eigenvalue weighted by Crippen LogP contribution is 2.35. The van der Waals surface area contributed by atoms with E-state index in [-0.39, 0.29) is 17.4 Å². The fraction of sp³-hybridized carbons (Fsp3) is 0.333. The van der Waals surface area contributed by atoms with E-state index in [1.165, 1.54) is 12.1 Å². The third-order valence-electron chi connectivity index (χ3n) is 3.96. The Labute approximate surface area is 158 Å². The molecule has 1 aromatic carbocycles. The van der Waals surface area contributed by atoms with E-state index in [4.69, 9.17) is 16.3 Å². The zero-order valence-electron chi connectivity index (χ0n) is 14.5. The Morgan fingerprint density at radius 3 is 2.69 bits per heavy atom. The van der Waals surface area contributed by atoms with Crippen LogP contribution in [0.3, 0.4) is 0 Å². The van der Waals surface area contributed by atoms with Gasteiger partial charge in [0.2, 0.25) is 0 Å². The summed E-state index contributed by atoms with van der Waals surface area (Å²) in [6.07, 6.45) is 6.04. The molecule has 26 heavy (non-hydrogen) atoms. The van der Waals surface area contributed by atoms with Gasteiger partial charge in [0.25, 0.3) is 10.0 Å². The maximum absolute atomic E-state index is 12.7. The quantitative estimate of drug-likeness (QED) is 0.687. The Bertz CT molecular complexity index is 881. The summed E-state index contributed by atoms with van der Waals surface area (Å²) in [5, 5.41) is 13.4. The molecule has 0 saturated carbocycles. The molecule has 140 valence electrons. The van der Waals surface area contributed by atoms with Crippen LogP contribution in [0.2, 0.25) is 0 Å². The molecule has 0 fully saturated rings. The molecule has 8 heteroatoms. The zero-order chi connectivity index (χ0) is 18.9. The summed E-state index contributed by atoms with van der Waals surface area (Å²) in [5.74, 6) is 0.455. The maximum atomic E-state index is 12.7. The SMILES string of the molecule is CC(C)(O)COc1ccc(S(=O)(=O)NC2=C3NC=C(Cl)C3CC=C2)cc1. The Balaban J connectivity index is 1.75. The number of hydrogen-bond donors (Lipinski definition) is 3. The highest BCUT2D eigenvalue weighted by Gasteiger charge is 2.29. The van der Waals surface area contributed by atoms with Gasteiger partial charge in [-0.1, -0.05) is 17.7 Å². The predicted molar refractivity (Wildman–Crippen MR) is 99.9 cm³/mol. The number of hydrogen-bond acceptors (Lipinski definition) is 5. The topological polar surface area (TPSA) is 87.7 Å². The number of aliphatic hydroxyl groups is 1. The molecule has 1 unspecified atom stereocenters. The van der Waals surface area contributed by atoms with Crippen LogP contribution in [0.15, 0.2) is 63.9 Å². The van der Waals surface area contributed by atoms with Gasteiger partial charge in [-0.05, 0) is 50.6 Å². The molecule has 0 aromatic heterocycles. The molecular formula is C18H21ClN2O4S. The third-order valence-corrected chi connectivity index (χ3v) is 5.72. The van der Waals surface area contributed by atoms with Gasteiger partial charge in [0.05, 0.1) is 16.2 Å².